The molecule has 0 saturated heterocycles. The van der Waals surface area contributed by atoms with Crippen molar-refractivity contribution in [3.8, 4) is 0 Å². The molecule has 3 rings (SSSR count). The molecule has 0 spiro atoms. The molecule has 0 aliphatic carbocycles. The predicted molar refractivity (Wildman–Crippen MR) is 88.3 cm³/mol. The van der Waals surface area contributed by atoms with Gasteiger partial charge in [0.25, 0.3) is 0 Å². The van der Waals surface area contributed by atoms with E-state index in [9.17, 15) is 0 Å². The van der Waals surface area contributed by atoms with Crippen molar-refractivity contribution in [2.24, 2.45) is 5.73 Å². The first-order chi connectivity index (χ1) is 10.1. The van der Waals surface area contributed by atoms with Crippen molar-refractivity contribution in [1.82, 2.24) is 4.98 Å². The Balaban J connectivity index is 1.95. The van der Waals surface area contributed by atoms with Crippen LogP contribution in [-0.4, -0.2) is 4.98 Å². The fraction of sp³-hybridized carbons (Fsp3) is 0.211. The molecule has 1 heterocycles. The molecule has 0 saturated carbocycles. The topological polar surface area (TPSA) is 38.9 Å². The van der Waals surface area contributed by atoms with E-state index in [4.69, 9.17) is 5.73 Å². The molecule has 0 aliphatic rings. The zero-order valence-corrected chi connectivity index (χ0v) is 12.5. The molecule has 0 fully saturated rings. The number of rotatable bonds is 3. The monoisotopic (exact) mass is 276 g/mol. The van der Waals surface area contributed by atoms with Crippen LogP contribution in [-0.2, 0) is 6.42 Å². The summed E-state index contributed by atoms with van der Waals surface area (Å²) in [5.41, 5.74) is 12.5. The highest BCUT2D eigenvalue weighted by Crippen LogP contribution is 2.24. The van der Waals surface area contributed by atoms with Crippen molar-refractivity contribution in [2.75, 3.05) is 0 Å². The van der Waals surface area contributed by atoms with Crippen LogP contribution in [0.5, 0.6) is 0 Å². The van der Waals surface area contributed by atoms with E-state index in [-0.39, 0.29) is 6.04 Å². The smallest absolute Gasteiger partial charge is 0.0705 e. The van der Waals surface area contributed by atoms with Crippen molar-refractivity contribution in [3.05, 3.63) is 77.0 Å². The van der Waals surface area contributed by atoms with Crippen molar-refractivity contribution >= 4 is 10.9 Å². The van der Waals surface area contributed by atoms with Crippen LogP contribution < -0.4 is 5.73 Å². The Labute approximate surface area is 125 Å². The standard InChI is InChI=1S/C19H20N2/c1-13-9-14(2)11-15(10-13)12-18(20)16-7-8-21-19-6-4-3-5-17(16)19/h3-11,18H,12,20H2,1-2H3. The maximum absolute atomic E-state index is 6.47. The minimum absolute atomic E-state index is 0.0147. The number of aromatic nitrogens is 1. The van der Waals surface area contributed by atoms with Gasteiger partial charge in [0.15, 0.2) is 0 Å². The van der Waals surface area contributed by atoms with Gasteiger partial charge in [-0.05, 0) is 43.5 Å². The molecule has 0 amide bonds. The first kappa shape index (κ1) is 13.8. The van der Waals surface area contributed by atoms with Gasteiger partial charge in [-0.3, -0.25) is 4.98 Å². The van der Waals surface area contributed by atoms with Crippen molar-refractivity contribution in [2.45, 2.75) is 26.3 Å². The third kappa shape index (κ3) is 2.96. The molecule has 2 heteroatoms. The molecule has 0 aliphatic heterocycles. The molecule has 21 heavy (non-hydrogen) atoms. The Morgan fingerprint density at radius 3 is 2.48 bits per heavy atom. The largest absolute Gasteiger partial charge is 0.324 e. The lowest BCUT2D eigenvalue weighted by Gasteiger charge is -2.15. The van der Waals surface area contributed by atoms with Gasteiger partial charge >= 0.3 is 0 Å². The van der Waals surface area contributed by atoms with Gasteiger partial charge in [0.2, 0.25) is 0 Å². The average molecular weight is 276 g/mol. The van der Waals surface area contributed by atoms with Gasteiger partial charge in [0.1, 0.15) is 0 Å². The second kappa shape index (κ2) is 5.66. The van der Waals surface area contributed by atoms with Crippen LogP contribution >= 0.6 is 0 Å². The quantitative estimate of drug-likeness (QED) is 0.782. The highest BCUT2D eigenvalue weighted by molar-refractivity contribution is 5.82. The van der Waals surface area contributed by atoms with Gasteiger partial charge in [0, 0.05) is 17.6 Å². The number of fused-ring (bicyclic) bond motifs is 1. The first-order valence-electron chi connectivity index (χ1n) is 7.30. The zero-order chi connectivity index (χ0) is 14.8. The van der Waals surface area contributed by atoms with Crippen molar-refractivity contribution in [1.29, 1.82) is 0 Å². The maximum Gasteiger partial charge on any atom is 0.0705 e. The Morgan fingerprint density at radius 1 is 1.00 bits per heavy atom. The van der Waals surface area contributed by atoms with Gasteiger partial charge in [0.05, 0.1) is 5.52 Å². The molecule has 0 bridgehead atoms. The van der Waals surface area contributed by atoms with Gasteiger partial charge < -0.3 is 5.73 Å². The number of pyridine rings is 1. The third-order valence-corrected chi connectivity index (χ3v) is 3.82. The van der Waals surface area contributed by atoms with E-state index in [1.54, 1.807) is 0 Å². The lowest BCUT2D eigenvalue weighted by molar-refractivity contribution is 0.726. The summed E-state index contributed by atoms with van der Waals surface area (Å²) in [6, 6.07) is 16.8. The van der Waals surface area contributed by atoms with Gasteiger partial charge in [-0.15, -0.1) is 0 Å². The van der Waals surface area contributed by atoms with Gasteiger partial charge in [-0.2, -0.15) is 0 Å². The molecule has 106 valence electrons. The van der Waals surface area contributed by atoms with E-state index in [2.05, 4.69) is 43.1 Å². The van der Waals surface area contributed by atoms with E-state index in [1.807, 2.05) is 30.5 Å². The van der Waals surface area contributed by atoms with Crippen LogP contribution in [0, 0.1) is 13.8 Å². The molecule has 3 aromatic rings. The van der Waals surface area contributed by atoms with Gasteiger partial charge in [-0.25, -0.2) is 0 Å². The van der Waals surface area contributed by atoms with Crippen molar-refractivity contribution in [3.63, 3.8) is 0 Å². The van der Waals surface area contributed by atoms with Crippen LogP contribution in [0.3, 0.4) is 0 Å². The van der Waals surface area contributed by atoms with E-state index >= 15 is 0 Å². The number of nitrogens with zero attached hydrogens (tertiary/aromatic N) is 1. The minimum atomic E-state index is -0.0147. The maximum atomic E-state index is 6.47. The molecule has 0 radical (unpaired) electrons. The number of nitrogens with two attached hydrogens (primary N) is 1. The molecule has 1 unspecified atom stereocenters. The fourth-order valence-corrected chi connectivity index (χ4v) is 2.99. The molecule has 2 nitrogen and oxygen atoms in total. The van der Waals surface area contributed by atoms with Crippen LogP contribution in [0.25, 0.3) is 10.9 Å². The number of para-hydroxylation sites is 1. The van der Waals surface area contributed by atoms with Crippen molar-refractivity contribution < 1.29 is 0 Å². The minimum Gasteiger partial charge on any atom is -0.324 e. The highest BCUT2D eigenvalue weighted by atomic mass is 14.7. The predicted octanol–water partition coefficient (Wildman–Crippen LogP) is 4.09. The number of hydrogen-bond donors (Lipinski definition) is 1. The van der Waals surface area contributed by atoms with Crippen LogP contribution in [0.1, 0.15) is 28.3 Å². The Morgan fingerprint density at radius 2 is 1.71 bits per heavy atom. The fourth-order valence-electron chi connectivity index (χ4n) is 2.99. The molecule has 2 N–H and O–H groups in total. The van der Waals surface area contributed by atoms with Gasteiger partial charge in [-0.1, -0.05) is 47.5 Å². The second-order valence-corrected chi connectivity index (χ2v) is 5.72. The highest BCUT2D eigenvalue weighted by Gasteiger charge is 2.11. The summed E-state index contributed by atoms with van der Waals surface area (Å²) in [4.78, 5) is 4.40. The van der Waals surface area contributed by atoms with E-state index in [0.717, 1.165) is 17.3 Å². The lowest BCUT2D eigenvalue weighted by Crippen LogP contribution is -2.14. The zero-order valence-electron chi connectivity index (χ0n) is 12.5. The molecule has 2 aromatic carbocycles. The first-order valence-corrected chi connectivity index (χ1v) is 7.30. The normalized spacial score (nSPS) is 12.5. The van der Waals surface area contributed by atoms with Crippen LogP contribution in [0.15, 0.2) is 54.7 Å². The van der Waals surface area contributed by atoms with E-state index < -0.39 is 0 Å². The average Bonchev–Trinajstić information content (AvgIpc) is 2.45. The SMILES string of the molecule is Cc1cc(C)cc(CC(N)c2ccnc3ccccc23)c1. The Bertz CT molecular complexity index is 752. The van der Waals surface area contributed by atoms with E-state index in [1.165, 1.54) is 22.3 Å². The summed E-state index contributed by atoms with van der Waals surface area (Å²) in [6.45, 7) is 4.26. The number of benzene rings is 2. The summed E-state index contributed by atoms with van der Waals surface area (Å²) in [6.07, 6.45) is 2.69. The molecular formula is C19H20N2. The summed E-state index contributed by atoms with van der Waals surface area (Å²) in [5, 5.41) is 1.15. The van der Waals surface area contributed by atoms with E-state index in [0.29, 0.717) is 0 Å². The lowest BCUT2D eigenvalue weighted by atomic mass is 9.95. The summed E-state index contributed by atoms with van der Waals surface area (Å²) < 4.78 is 0. The third-order valence-electron chi connectivity index (χ3n) is 3.82. The molecule has 1 atom stereocenters. The summed E-state index contributed by atoms with van der Waals surface area (Å²) in [7, 11) is 0. The number of aryl methyl sites for hydroxylation is 2. The summed E-state index contributed by atoms with van der Waals surface area (Å²) in [5.74, 6) is 0. The Kier molecular flexibility index (Phi) is 3.72. The second-order valence-electron chi connectivity index (χ2n) is 5.72. The molecule has 1 aromatic heterocycles. The summed E-state index contributed by atoms with van der Waals surface area (Å²) >= 11 is 0. The Hall–Kier alpha value is -2.19. The van der Waals surface area contributed by atoms with Crippen LogP contribution in [0.2, 0.25) is 0 Å². The number of hydrogen-bond acceptors (Lipinski definition) is 2. The molecular weight excluding hydrogens is 256 g/mol. The van der Waals surface area contributed by atoms with Crippen LogP contribution in [0.4, 0.5) is 0 Å².